The minimum absolute atomic E-state index is 0.112. The molecule has 10 nitrogen and oxygen atoms in total. The van der Waals surface area contributed by atoms with E-state index in [0.29, 0.717) is 48.7 Å². The second kappa shape index (κ2) is 21.3. The van der Waals surface area contributed by atoms with Gasteiger partial charge in [0.15, 0.2) is 5.75 Å². The van der Waals surface area contributed by atoms with Crippen LogP contribution < -0.4 is 19.1 Å². The fourth-order valence-electron chi connectivity index (χ4n) is 10.0. The quantitative estimate of drug-likeness (QED) is 0.0183. The molecule has 0 saturated carbocycles. The fraction of sp³-hybridized carbons (Fsp3) is 0.295. The summed E-state index contributed by atoms with van der Waals surface area (Å²) in [6.45, 7) is 21.3. The second-order valence-electron chi connectivity index (χ2n) is 19.9. The van der Waals surface area contributed by atoms with Gasteiger partial charge in [0.05, 0.1) is 26.4 Å². The molecule has 0 N–H and O–H groups in total. The first-order valence-corrected chi connectivity index (χ1v) is 24.1. The van der Waals surface area contributed by atoms with Crippen LogP contribution in [0.25, 0.3) is 33.7 Å². The van der Waals surface area contributed by atoms with Gasteiger partial charge in [-0.25, -0.2) is 14.4 Å². The maximum absolute atomic E-state index is 13.4. The van der Waals surface area contributed by atoms with E-state index in [1.54, 1.807) is 19.9 Å². The van der Waals surface area contributed by atoms with E-state index in [1.165, 1.54) is 28.3 Å². The number of hydrogen-bond acceptors (Lipinski definition) is 10. The summed E-state index contributed by atoms with van der Waals surface area (Å²) < 4.78 is 28.0. The van der Waals surface area contributed by atoms with Crippen molar-refractivity contribution in [3.8, 4) is 23.0 Å². The van der Waals surface area contributed by atoms with Crippen LogP contribution in [0.4, 0.5) is 0 Å². The standard InChI is InChI=1S/C61H62O10/c1-40(2)57(63)67-29-10-27-65-48-20-18-44-32-42(13-16-46(44)34-48)12-9-31-69-71-51-23-25-53-55(37-51)61(39-60(53,7)8)38-59(5,6)52-24-22-50(36-54(52)61)70-56(62)26-15-43-14-17-47-35-49(21-19-45(47)33-43)66-28-11-30-68-58(64)41(3)4/h9,12-26,32-37H,1,3,10-11,27-31,38-39H2,2,4-8H3. The Hall–Kier alpha value is -7.43. The predicted molar refractivity (Wildman–Crippen MR) is 279 cm³/mol. The minimum atomic E-state index is -0.460. The average Bonchev–Trinajstić information content (AvgIpc) is 3.71. The molecule has 8 rings (SSSR count). The molecule has 0 heterocycles. The van der Waals surface area contributed by atoms with Crippen LogP contribution in [0.1, 0.15) is 101 Å². The Bertz CT molecular complexity index is 3080. The number of carbonyl (C=O) groups is 3. The summed E-state index contributed by atoms with van der Waals surface area (Å²) in [6.07, 6.45) is 10.1. The summed E-state index contributed by atoms with van der Waals surface area (Å²) in [5.41, 5.74) is 6.99. The maximum Gasteiger partial charge on any atom is 0.336 e. The normalized spacial score (nSPS) is 16.3. The molecule has 6 aromatic carbocycles. The number of ether oxygens (including phenoxy) is 5. The summed E-state index contributed by atoms with van der Waals surface area (Å²) in [4.78, 5) is 48.2. The first-order valence-electron chi connectivity index (χ1n) is 24.1. The van der Waals surface area contributed by atoms with E-state index >= 15 is 0 Å². The molecule has 2 aliphatic carbocycles. The van der Waals surface area contributed by atoms with Crippen molar-refractivity contribution in [2.75, 3.05) is 33.0 Å². The third-order valence-electron chi connectivity index (χ3n) is 13.2. The molecule has 0 aromatic heterocycles. The van der Waals surface area contributed by atoms with Crippen molar-refractivity contribution in [3.05, 3.63) is 179 Å². The molecular formula is C61H62O10. The van der Waals surface area contributed by atoms with Gasteiger partial charge >= 0.3 is 17.9 Å². The van der Waals surface area contributed by atoms with Gasteiger partial charge in [-0.3, -0.25) is 0 Å². The summed E-state index contributed by atoms with van der Waals surface area (Å²) in [5.74, 6) is 1.36. The number of hydrogen-bond donors (Lipinski definition) is 0. The van der Waals surface area contributed by atoms with Gasteiger partial charge in [0.2, 0.25) is 0 Å². The van der Waals surface area contributed by atoms with Crippen LogP contribution in [-0.2, 0) is 45.0 Å². The van der Waals surface area contributed by atoms with Crippen molar-refractivity contribution < 1.29 is 47.8 Å². The zero-order valence-corrected chi connectivity index (χ0v) is 41.6. The summed E-state index contributed by atoms with van der Waals surface area (Å²) in [6, 6.07) is 36.3. The second-order valence-corrected chi connectivity index (χ2v) is 19.9. The Morgan fingerprint density at radius 1 is 0.535 bits per heavy atom. The van der Waals surface area contributed by atoms with Crippen LogP contribution in [0.2, 0.25) is 0 Å². The number of esters is 3. The lowest BCUT2D eigenvalue weighted by Crippen LogP contribution is -2.27. The highest BCUT2D eigenvalue weighted by Gasteiger charge is 2.56. The lowest BCUT2D eigenvalue weighted by Gasteiger charge is -2.30. The van der Waals surface area contributed by atoms with E-state index in [-0.39, 0.29) is 42.0 Å². The first kappa shape index (κ1) is 50.0. The highest BCUT2D eigenvalue weighted by atomic mass is 17.2. The molecule has 1 atom stereocenters. The zero-order chi connectivity index (χ0) is 50.3. The van der Waals surface area contributed by atoms with Gasteiger partial charge in [0.1, 0.15) is 23.9 Å². The molecule has 1 unspecified atom stereocenters. The number of carbonyl (C=O) groups excluding carboxylic acids is 3. The van der Waals surface area contributed by atoms with Gasteiger partial charge in [-0.05, 0) is 159 Å². The lowest BCUT2D eigenvalue weighted by molar-refractivity contribution is -0.195. The van der Waals surface area contributed by atoms with Crippen molar-refractivity contribution in [2.45, 2.75) is 83.5 Å². The largest absolute Gasteiger partial charge is 0.493 e. The van der Waals surface area contributed by atoms with Gasteiger partial charge < -0.3 is 28.6 Å². The third-order valence-corrected chi connectivity index (χ3v) is 13.2. The van der Waals surface area contributed by atoms with Crippen molar-refractivity contribution in [3.63, 3.8) is 0 Å². The van der Waals surface area contributed by atoms with E-state index in [9.17, 15) is 14.4 Å². The number of benzene rings is 6. The van der Waals surface area contributed by atoms with E-state index < -0.39 is 11.9 Å². The Morgan fingerprint density at radius 3 is 1.54 bits per heavy atom. The zero-order valence-electron chi connectivity index (χ0n) is 41.6. The molecule has 0 bridgehead atoms. The van der Waals surface area contributed by atoms with Crippen LogP contribution in [0.5, 0.6) is 23.0 Å². The van der Waals surface area contributed by atoms with Crippen molar-refractivity contribution in [2.24, 2.45) is 0 Å². The van der Waals surface area contributed by atoms with E-state index in [0.717, 1.165) is 57.0 Å². The minimum Gasteiger partial charge on any atom is -0.493 e. The molecule has 1 spiro atoms. The molecule has 366 valence electrons. The Balaban J connectivity index is 0.876. The summed E-state index contributed by atoms with van der Waals surface area (Å²) in [7, 11) is 0. The van der Waals surface area contributed by atoms with Crippen LogP contribution in [0, 0.1) is 0 Å². The molecule has 2 aliphatic rings. The van der Waals surface area contributed by atoms with Gasteiger partial charge in [0.25, 0.3) is 0 Å². The SMILES string of the molecule is C=C(C)C(=O)OCCCOc1ccc2cc(C=CCOOc3ccc4c(c3)C3(CC4(C)C)CC(C)(C)c4ccc(OC(=O)C=Cc5ccc6cc(OCCCOC(=O)C(=C)C)ccc6c5)cc43)ccc2c1. The van der Waals surface area contributed by atoms with Crippen LogP contribution in [0.3, 0.4) is 0 Å². The van der Waals surface area contributed by atoms with Crippen LogP contribution in [-0.4, -0.2) is 50.9 Å². The number of fused-ring (bicyclic) bond motifs is 6. The molecule has 0 radical (unpaired) electrons. The average molecular weight is 955 g/mol. The first-order chi connectivity index (χ1) is 34.0. The molecular weight excluding hydrogens is 893 g/mol. The summed E-state index contributed by atoms with van der Waals surface area (Å²) >= 11 is 0. The predicted octanol–water partition coefficient (Wildman–Crippen LogP) is 13.1. The molecule has 0 aliphatic heterocycles. The van der Waals surface area contributed by atoms with Crippen molar-refractivity contribution in [1.82, 2.24) is 0 Å². The van der Waals surface area contributed by atoms with Gasteiger partial charge in [0, 0.05) is 35.5 Å². The third kappa shape index (κ3) is 11.8. The van der Waals surface area contributed by atoms with Gasteiger partial charge in [-0.15, -0.1) is 0 Å². The smallest absolute Gasteiger partial charge is 0.336 e. The molecule has 0 fully saturated rings. The Kier molecular flexibility index (Phi) is 15.0. The maximum atomic E-state index is 13.4. The molecule has 0 amide bonds. The molecule has 0 saturated heterocycles. The van der Waals surface area contributed by atoms with E-state index in [4.69, 9.17) is 33.5 Å². The Labute approximate surface area is 416 Å². The van der Waals surface area contributed by atoms with Gasteiger partial charge in [-0.2, -0.15) is 4.89 Å². The molecule has 71 heavy (non-hydrogen) atoms. The molecule has 10 heteroatoms. The lowest BCUT2D eigenvalue weighted by atomic mass is 9.72. The van der Waals surface area contributed by atoms with Crippen molar-refractivity contribution >= 4 is 51.6 Å². The van der Waals surface area contributed by atoms with E-state index in [2.05, 4.69) is 77.3 Å². The molecule has 6 aromatic rings. The van der Waals surface area contributed by atoms with Crippen LogP contribution in [0.15, 0.2) is 146 Å². The number of rotatable bonds is 20. The highest BCUT2D eigenvalue weighted by molar-refractivity contribution is 5.91. The fourth-order valence-corrected chi connectivity index (χ4v) is 10.0. The monoisotopic (exact) mass is 954 g/mol. The van der Waals surface area contributed by atoms with Gasteiger partial charge in [-0.1, -0.05) is 102 Å². The van der Waals surface area contributed by atoms with Crippen LogP contribution >= 0.6 is 0 Å². The Morgan fingerprint density at radius 2 is 1.00 bits per heavy atom. The highest BCUT2D eigenvalue weighted by Crippen LogP contribution is 2.63. The van der Waals surface area contributed by atoms with E-state index in [1.807, 2.05) is 84.9 Å². The van der Waals surface area contributed by atoms with Crippen molar-refractivity contribution in [1.29, 1.82) is 0 Å². The topological polar surface area (TPSA) is 116 Å². The summed E-state index contributed by atoms with van der Waals surface area (Å²) in [5, 5.41) is 4.14.